The van der Waals surface area contributed by atoms with Crippen molar-refractivity contribution in [3.8, 4) is 28.7 Å². The molecule has 4 aliphatic heterocycles. The molecule has 54 heavy (non-hydrogen) atoms. The molecule has 4 aromatic carbocycles. The monoisotopic (exact) mass is 727 g/mol. The molecule has 2 amide bonds. The zero-order valence-corrected chi connectivity index (χ0v) is 30.4. The molecule has 2 atom stereocenters. The number of nitrogen functional groups attached to an aromatic ring is 1. The van der Waals surface area contributed by atoms with Crippen LogP contribution in [0.3, 0.4) is 0 Å². The minimum Gasteiger partial charge on any atom is -0.494 e. The van der Waals surface area contributed by atoms with Gasteiger partial charge < -0.3 is 39.2 Å². The number of rotatable bonds is 11. The van der Waals surface area contributed by atoms with E-state index in [1.165, 1.54) is 5.56 Å². The van der Waals surface area contributed by atoms with Crippen LogP contribution in [0.5, 0.6) is 28.7 Å². The van der Waals surface area contributed by atoms with E-state index in [9.17, 15) is 9.59 Å². The Hall–Kier alpha value is -6.30. The summed E-state index contributed by atoms with van der Waals surface area (Å²) in [6, 6.07) is 20.2. The molecular weight excluding hydrogens is 686 g/mol. The van der Waals surface area contributed by atoms with E-state index in [4.69, 9.17) is 39.4 Å². The van der Waals surface area contributed by atoms with Gasteiger partial charge in [0.25, 0.3) is 11.8 Å². The molecule has 8 rings (SSSR count). The molecule has 12 nitrogen and oxygen atoms in total. The second-order valence-corrected chi connectivity index (χ2v) is 13.5. The summed E-state index contributed by atoms with van der Waals surface area (Å²) in [5, 5.41) is 0. The SMILES string of the molecule is CCOc1ccc2c(c1)CN1C(=O)c3cc(OC)c(OCCCOc4cc5c(cc4OC)C(=O)N4C=C(c6ccc(N)cc6)C[C@H]4C=N5)cc3N=C[C@@H]1C2. The number of carbonyl (C=O) groups is 2. The Balaban J connectivity index is 0.916. The largest absolute Gasteiger partial charge is 0.494 e. The Morgan fingerprint density at radius 3 is 2.02 bits per heavy atom. The summed E-state index contributed by atoms with van der Waals surface area (Å²) < 4.78 is 29.3. The fourth-order valence-corrected chi connectivity index (χ4v) is 7.31. The van der Waals surface area contributed by atoms with Gasteiger partial charge in [0, 0.05) is 55.8 Å². The molecule has 0 fully saturated rings. The molecule has 4 heterocycles. The van der Waals surface area contributed by atoms with Crippen LogP contribution >= 0.6 is 0 Å². The number of fused-ring (bicyclic) bond motifs is 5. The minimum absolute atomic E-state index is 0.112. The van der Waals surface area contributed by atoms with Gasteiger partial charge in [0.15, 0.2) is 23.0 Å². The van der Waals surface area contributed by atoms with Crippen LogP contribution < -0.4 is 29.4 Å². The Morgan fingerprint density at radius 2 is 1.37 bits per heavy atom. The number of nitrogens with zero attached hydrogens (tertiary/aromatic N) is 4. The highest BCUT2D eigenvalue weighted by Gasteiger charge is 2.35. The summed E-state index contributed by atoms with van der Waals surface area (Å²) in [5.74, 6) is 2.36. The summed E-state index contributed by atoms with van der Waals surface area (Å²) in [7, 11) is 3.09. The van der Waals surface area contributed by atoms with Crippen LogP contribution in [-0.2, 0) is 13.0 Å². The van der Waals surface area contributed by atoms with Crippen LogP contribution in [0.1, 0.15) is 57.2 Å². The second kappa shape index (κ2) is 14.6. The Bertz CT molecular complexity index is 2210. The number of amides is 2. The average Bonchev–Trinajstić information content (AvgIpc) is 3.52. The fourth-order valence-electron chi connectivity index (χ4n) is 7.31. The summed E-state index contributed by atoms with van der Waals surface area (Å²) in [6.45, 7) is 3.61. The Labute approximate surface area is 313 Å². The van der Waals surface area contributed by atoms with Gasteiger partial charge in [-0.3, -0.25) is 19.6 Å². The molecule has 4 aromatic rings. The van der Waals surface area contributed by atoms with E-state index in [2.05, 4.69) is 6.07 Å². The van der Waals surface area contributed by atoms with Crippen LogP contribution in [0.15, 0.2) is 82.9 Å². The quantitative estimate of drug-likeness (QED) is 0.132. The van der Waals surface area contributed by atoms with Crippen molar-refractivity contribution >= 4 is 46.9 Å². The first-order chi connectivity index (χ1) is 26.3. The van der Waals surface area contributed by atoms with E-state index in [0.717, 1.165) is 22.4 Å². The van der Waals surface area contributed by atoms with Gasteiger partial charge in [-0.05, 0) is 72.0 Å². The molecule has 276 valence electrons. The van der Waals surface area contributed by atoms with Crippen molar-refractivity contribution < 1.29 is 33.3 Å². The van der Waals surface area contributed by atoms with Gasteiger partial charge >= 0.3 is 0 Å². The van der Waals surface area contributed by atoms with Gasteiger partial charge in [-0.15, -0.1) is 0 Å². The Morgan fingerprint density at radius 1 is 0.722 bits per heavy atom. The van der Waals surface area contributed by atoms with Crippen molar-refractivity contribution in [2.45, 2.75) is 44.8 Å². The van der Waals surface area contributed by atoms with Gasteiger partial charge in [0.2, 0.25) is 0 Å². The molecule has 0 spiro atoms. The second-order valence-electron chi connectivity index (χ2n) is 13.5. The maximum Gasteiger partial charge on any atom is 0.260 e. The average molecular weight is 728 g/mol. The van der Waals surface area contributed by atoms with Crippen LogP contribution in [0.25, 0.3) is 5.57 Å². The number of anilines is 1. The molecule has 0 bridgehead atoms. The lowest BCUT2D eigenvalue weighted by Gasteiger charge is -2.34. The predicted octanol–water partition coefficient (Wildman–Crippen LogP) is 6.79. The standard InChI is InChI=1S/C42H41N5O7/c1-4-52-32-11-8-26-14-30-21-44-35-19-39(38(51-3)18-34(35)42(49)47(30)24-28(26)16-32)53-12-5-13-54-40-20-36-33(17-37(40)50-2)41(48)46-23-27(15-31(46)22-45-36)25-6-9-29(43)10-7-25/h6-11,16-23,30-31H,4-5,12-15,24,43H2,1-3H3/t30-,31-/m0/s1. The molecule has 4 aliphatic rings. The molecule has 0 saturated carbocycles. The predicted molar refractivity (Wildman–Crippen MR) is 206 cm³/mol. The van der Waals surface area contributed by atoms with Crippen LogP contribution in [0.2, 0.25) is 0 Å². The molecule has 12 heteroatoms. The third-order valence-electron chi connectivity index (χ3n) is 10.1. The van der Waals surface area contributed by atoms with Crippen molar-refractivity contribution in [1.82, 2.24) is 9.80 Å². The van der Waals surface area contributed by atoms with E-state index in [0.29, 0.717) is 96.8 Å². The van der Waals surface area contributed by atoms with Crippen LogP contribution in [0, 0.1) is 0 Å². The number of hydrogen-bond donors (Lipinski definition) is 1. The molecule has 0 aliphatic carbocycles. The van der Waals surface area contributed by atoms with Crippen molar-refractivity contribution in [3.63, 3.8) is 0 Å². The first-order valence-electron chi connectivity index (χ1n) is 18.1. The van der Waals surface area contributed by atoms with Crippen molar-refractivity contribution in [2.24, 2.45) is 9.98 Å². The van der Waals surface area contributed by atoms with Crippen LogP contribution in [0.4, 0.5) is 17.1 Å². The Kier molecular flexibility index (Phi) is 9.41. The number of aliphatic imine (C=N–C) groups is 2. The van der Waals surface area contributed by atoms with Gasteiger partial charge in [-0.1, -0.05) is 18.2 Å². The summed E-state index contributed by atoms with van der Waals surface area (Å²) in [5.41, 5.74) is 12.8. The molecule has 0 saturated heterocycles. The van der Waals surface area contributed by atoms with E-state index >= 15 is 0 Å². The summed E-state index contributed by atoms with van der Waals surface area (Å²) in [6.07, 6.45) is 7.39. The molecular formula is C42H41N5O7. The number of hydrogen-bond acceptors (Lipinski definition) is 10. The van der Waals surface area contributed by atoms with Crippen molar-refractivity contribution in [2.75, 3.05) is 39.8 Å². The number of ether oxygens (including phenoxy) is 5. The fraction of sp³-hybridized carbons (Fsp3) is 0.286. The van der Waals surface area contributed by atoms with E-state index in [1.54, 1.807) is 43.4 Å². The molecule has 0 radical (unpaired) electrons. The first kappa shape index (κ1) is 34.8. The van der Waals surface area contributed by atoms with Gasteiger partial charge in [0.1, 0.15) is 5.75 Å². The topological polar surface area (TPSA) is 138 Å². The van der Waals surface area contributed by atoms with E-state index in [-0.39, 0.29) is 23.9 Å². The zero-order chi connectivity index (χ0) is 37.3. The van der Waals surface area contributed by atoms with Crippen molar-refractivity contribution in [3.05, 3.63) is 101 Å². The number of benzene rings is 4. The summed E-state index contributed by atoms with van der Waals surface area (Å²) >= 11 is 0. The summed E-state index contributed by atoms with van der Waals surface area (Å²) in [4.78, 5) is 40.6. The smallest absolute Gasteiger partial charge is 0.260 e. The third-order valence-corrected chi connectivity index (χ3v) is 10.1. The maximum absolute atomic E-state index is 13.9. The first-order valence-corrected chi connectivity index (χ1v) is 18.1. The van der Waals surface area contributed by atoms with Crippen molar-refractivity contribution in [1.29, 1.82) is 0 Å². The number of methoxy groups -OCH3 is 2. The number of nitrogens with two attached hydrogens (primary N) is 1. The zero-order valence-electron chi connectivity index (χ0n) is 30.4. The molecule has 2 N–H and O–H groups in total. The number of carbonyl (C=O) groups excluding carboxylic acids is 2. The lowest BCUT2D eigenvalue weighted by Crippen LogP contribution is -2.44. The minimum atomic E-state index is -0.202. The maximum atomic E-state index is 13.9. The highest BCUT2D eigenvalue weighted by molar-refractivity contribution is 6.06. The van der Waals surface area contributed by atoms with Gasteiger partial charge in [-0.2, -0.15) is 0 Å². The molecule has 0 aromatic heterocycles. The van der Waals surface area contributed by atoms with Gasteiger partial charge in [-0.25, -0.2) is 0 Å². The molecule has 0 unspecified atom stereocenters. The third kappa shape index (κ3) is 6.59. The highest BCUT2D eigenvalue weighted by atomic mass is 16.5. The highest BCUT2D eigenvalue weighted by Crippen LogP contribution is 2.41. The van der Waals surface area contributed by atoms with Gasteiger partial charge in [0.05, 0.1) is 68.6 Å². The van der Waals surface area contributed by atoms with E-state index < -0.39 is 0 Å². The van der Waals surface area contributed by atoms with E-state index in [1.807, 2.05) is 66.9 Å². The normalized spacial score (nSPS) is 18.0. The lowest BCUT2D eigenvalue weighted by atomic mass is 9.93. The van der Waals surface area contributed by atoms with Crippen LogP contribution in [-0.4, -0.2) is 80.2 Å². The lowest BCUT2D eigenvalue weighted by molar-refractivity contribution is 0.0702.